The summed E-state index contributed by atoms with van der Waals surface area (Å²) >= 11 is 11.8. The minimum atomic E-state index is -0.515. The normalized spacial score (nSPS) is 18.6. The van der Waals surface area contributed by atoms with E-state index in [9.17, 15) is 10.2 Å². The lowest BCUT2D eigenvalue weighted by Gasteiger charge is -2.36. The molecule has 0 radical (unpaired) electrons. The van der Waals surface area contributed by atoms with Crippen LogP contribution in [0.15, 0.2) is 48.5 Å². The van der Waals surface area contributed by atoms with Crippen molar-refractivity contribution in [3.63, 3.8) is 0 Å². The second kappa shape index (κ2) is 9.18. The molecular weight excluding hydrogens is 371 g/mol. The molecule has 2 atom stereocenters. The number of benzene rings is 2. The average molecular weight is 395 g/mol. The molecule has 1 fully saturated rings. The van der Waals surface area contributed by atoms with Crippen LogP contribution >= 0.6 is 23.2 Å². The Balaban J connectivity index is 1.45. The van der Waals surface area contributed by atoms with Gasteiger partial charge in [0.25, 0.3) is 0 Å². The van der Waals surface area contributed by atoms with Gasteiger partial charge in [-0.2, -0.15) is 0 Å². The van der Waals surface area contributed by atoms with Gasteiger partial charge in [0, 0.05) is 49.3 Å². The fourth-order valence-electron chi connectivity index (χ4n) is 3.22. The predicted octanol–water partition coefficient (Wildman–Crippen LogP) is 3.38. The number of aliphatic hydroxyl groups excluding tert-OH is 2. The van der Waals surface area contributed by atoms with Crippen LogP contribution in [-0.4, -0.2) is 59.3 Å². The van der Waals surface area contributed by atoms with E-state index in [2.05, 4.69) is 9.80 Å². The maximum Gasteiger partial charge on any atom is 0.0916 e. The number of hydrogen-bond acceptors (Lipinski definition) is 4. The van der Waals surface area contributed by atoms with Gasteiger partial charge in [-0.15, -0.1) is 0 Å². The molecule has 6 heteroatoms. The average Bonchev–Trinajstić information content (AvgIpc) is 2.64. The van der Waals surface area contributed by atoms with Gasteiger partial charge in [-0.25, -0.2) is 0 Å². The van der Waals surface area contributed by atoms with Gasteiger partial charge in [0.05, 0.1) is 12.2 Å². The molecule has 1 saturated heterocycles. The highest BCUT2D eigenvalue weighted by molar-refractivity contribution is 6.30. The quantitative estimate of drug-likeness (QED) is 0.788. The Kier molecular flexibility index (Phi) is 6.92. The first-order chi connectivity index (χ1) is 12.5. The van der Waals surface area contributed by atoms with Gasteiger partial charge in [-0.05, 0) is 35.4 Å². The van der Waals surface area contributed by atoms with E-state index in [1.807, 2.05) is 24.3 Å². The predicted molar refractivity (Wildman–Crippen MR) is 106 cm³/mol. The van der Waals surface area contributed by atoms with Gasteiger partial charge >= 0.3 is 0 Å². The van der Waals surface area contributed by atoms with Crippen LogP contribution in [0, 0.1) is 0 Å². The molecule has 2 aromatic carbocycles. The van der Waals surface area contributed by atoms with Crippen molar-refractivity contribution in [1.82, 2.24) is 9.80 Å². The van der Waals surface area contributed by atoms with Crippen LogP contribution in [0.2, 0.25) is 10.0 Å². The summed E-state index contributed by atoms with van der Waals surface area (Å²) in [7, 11) is 0. The van der Waals surface area contributed by atoms with E-state index < -0.39 is 12.2 Å². The van der Waals surface area contributed by atoms with Crippen molar-refractivity contribution in [3.05, 3.63) is 69.7 Å². The Hall–Kier alpha value is -1.14. The largest absolute Gasteiger partial charge is 0.387 e. The van der Waals surface area contributed by atoms with Crippen LogP contribution < -0.4 is 0 Å². The van der Waals surface area contributed by atoms with E-state index in [4.69, 9.17) is 23.2 Å². The van der Waals surface area contributed by atoms with E-state index >= 15 is 0 Å². The van der Waals surface area contributed by atoms with Gasteiger partial charge in [0.2, 0.25) is 0 Å². The second-order valence-corrected chi connectivity index (χ2v) is 7.61. The second-order valence-electron chi connectivity index (χ2n) is 6.74. The molecule has 4 nitrogen and oxygen atoms in total. The number of rotatable bonds is 6. The van der Waals surface area contributed by atoms with Crippen molar-refractivity contribution in [2.24, 2.45) is 0 Å². The fourth-order valence-corrected chi connectivity index (χ4v) is 3.48. The Morgan fingerprint density at radius 1 is 0.654 bits per heavy atom. The Labute approximate surface area is 164 Å². The highest BCUT2D eigenvalue weighted by Crippen LogP contribution is 2.20. The van der Waals surface area contributed by atoms with Crippen LogP contribution in [-0.2, 0) is 0 Å². The third-order valence-corrected chi connectivity index (χ3v) is 5.34. The molecule has 0 aliphatic carbocycles. The molecule has 2 N–H and O–H groups in total. The maximum absolute atomic E-state index is 10.4. The molecule has 2 aromatic rings. The van der Waals surface area contributed by atoms with Crippen molar-refractivity contribution in [1.29, 1.82) is 0 Å². The summed E-state index contributed by atoms with van der Waals surface area (Å²) in [5.74, 6) is 0. The molecule has 0 bridgehead atoms. The first-order valence-electron chi connectivity index (χ1n) is 8.83. The minimum absolute atomic E-state index is 0.515. The first kappa shape index (κ1) is 19.6. The molecule has 0 saturated carbocycles. The lowest BCUT2D eigenvalue weighted by atomic mass is 10.1. The summed E-state index contributed by atoms with van der Waals surface area (Å²) in [6, 6.07) is 14.7. The standard InChI is InChI=1S/C20H24Cl2N2O2/c21-17-5-1-15(2-6-17)19(25)13-23-9-11-24(12-10-23)14-20(26)16-3-7-18(22)8-4-16/h1-8,19-20,25-26H,9-14H2. The molecule has 1 aliphatic heterocycles. The monoisotopic (exact) mass is 394 g/mol. The van der Waals surface area contributed by atoms with Gasteiger partial charge in [0.15, 0.2) is 0 Å². The summed E-state index contributed by atoms with van der Waals surface area (Å²) < 4.78 is 0. The SMILES string of the molecule is OC(CN1CCN(CC(O)c2ccc(Cl)cc2)CC1)c1ccc(Cl)cc1. The zero-order valence-corrected chi connectivity index (χ0v) is 16.1. The molecule has 0 spiro atoms. The first-order valence-corrected chi connectivity index (χ1v) is 9.58. The van der Waals surface area contributed by atoms with E-state index in [0.717, 1.165) is 37.3 Å². The third kappa shape index (κ3) is 5.43. The number of halogens is 2. The van der Waals surface area contributed by atoms with E-state index in [-0.39, 0.29) is 0 Å². The van der Waals surface area contributed by atoms with Crippen LogP contribution in [0.4, 0.5) is 0 Å². The van der Waals surface area contributed by atoms with Gasteiger partial charge in [-0.3, -0.25) is 9.80 Å². The topological polar surface area (TPSA) is 46.9 Å². The zero-order chi connectivity index (χ0) is 18.5. The lowest BCUT2D eigenvalue weighted by Crippen LogP contribution is -2.48. The number of nitrogens with zero attached hydrogens (tertiary/aromatic N) is 2. The Morgan fingerprint density at radius 3 is 1.27 bits per heavy atom. The van der Waals surface area contributed by atoms with Crippen molar-refractivity contribution in [2.45, 2.75) is 12.2 Å². The van der Waals surface area contributed by atoms with E-state index in [1.165, 1.54) is 0 Å². The highest BCUT2D eigenvalue weighted by atomic mass is 35.5. The summed E-state index contributed by atoms with van der Waals surface area (Å²) in [5, 5.41) is 22.1. The van der Waals surface area contributed by atoms with Crippen LogP contribution in [0.25, 0.3) is 0 Å². The maximum atomic E-state index is 10.4. The highest BCUT2D eigenvalue weighted by Gasteiger charge is 2.22. The Bertz CT molecular complexity index is 624. The lowest BCUT2D eigenvalue weighted by molar-refractivity contribution is 0.0482. The number of aliphatic hydroxyl groups is 2. The summed E-state index contributed by atoms with van der Waals surface area (Å²) in [4.78, 5) is 4.51. The molecule has 3 rings (SSSR count). The number of β-amino-alcohol motifs (C(OH)–C–C–N with tert-alkyl or cyclic N) is 2. The van der Waals surface area contributed by atoms with Crippen LogP contribution in [0.1, 0.15) is 23.3 Å². The van der Waals surface area contributed by atoms with Gasteiger partial charge in [-0.1, -0.05) is 47.5 Å². The number of hydrogen-bond donors (Lipinski definition) is 2. The van der Waals surface area contributed by atoms with Crippen LogP contribution in [0.5, 0.6) is 0 Å². The van der Waals surface area contributed by atoms with Crippen molar-refractivity contribution in [3.8, 4) is 0 Å². The molecular formula is C20H24Cl2N2O2. The molecule has 140 valence electrons. The van der Waals surface area contributed by atoms with Gasteiger partial charge < -0.3 is 10.2 Å². The smallest absolute Gasteiger partial charge is 0.0916 e. The molecule has 26 heavy (non-hydrogen) atoms. The summed E-state index contributed by atoms with van der Waals surface area (Å²) in [5.41, 5.74) is 1.77. The zero-order valence-electron chi connectivity index (χ0n) is 14.6. The summed E-state index contributed by atoms with van der Waals surface area (Å²) in [6.45, 7) is 4.70. The molecule has 0 aromatic heterocycles. The van der Waals surface area contributed by atoms with Crippen LogP contribution in [0.3, 0.4) is 0 Å². The third-order valence-electron chi connectivity index (χ3n) is 4.84. The van der Waals surface area contributed by atoms with E-state index in [1.54, 1.807) is 24.3 Å². The Morgan fingerprint density at radius 2 is 0.962 bits per heavy atom. The molecule has 1 heterocycles. The van der Waals surface area contributed by atoms with Crippen molar-refractivity contribution in [2.75, 3.05) is 39.3 Å². The molecule has 2 unspecified atom stereocenters. The minimum Gasteiger partial charge on any atom is -0.387 e. The fraction of sp³-hybridized carbons (Fsp3) is 0.400. The molecule has 0 amide bonds. The van der Waals surface area contributed by atoms with Crippen molar-refractivity contribution < 1.29 is 10.2 Å². The molecule has 1 aliphatic rings. The van der Waals surface area contributed by atoms with Gasteiger partial charge in [0.1, 0.15) is 0 Å². The number of piperazine rings is 1. The summed E-state index contributed by atoms with van der Waals surface area (Å²) in [6.07, 6.45) is -1.03. The van der Waals surface area contributed by atoms with E-state index in [0.29, 0.717) is 23.1 Å². The van der Waals surface area contributed by atoms with Crippen molar-refractivity contribution >= 4 is 23.2 Å².